The standard InChI is InChI=1S/C14H10N4O6/c19-12-8-2-1-3-9(18(23)24)11(8)13(20)17(12)10(14(21)22)4-7-5-15-6-16-7/h1-3,5-6,10H,4H2,(H,15,16)(H,21,22)/t10-/m0/s1. The van der Waals surface area contributed by atoms with Crippen molar-refractivity contribution in [2.75, 3.05) is 0 Å². The number of aromatic amines is 1. The monoisotopic (exact) mass is 330 g/mol. The van der Waals surface area contributed by atoms with Gasteiger partial charge >= 0.3 is 5.97 Å². The highest BCUT2D eigenvalue weighted by atomic mass is 16.6. The van der Waals surface area contributed by atoms with Crippen LogP contribution in [0.3, 0.4) is 0 Å². The number of aliphatic carboxylic acids is 1. The summed E-state index contributed by atoms with van der Waals surface area (Å²) in [6.45, 7) is 0. The predicted octanol–water partition coefficient (Wildman–Crippen LogP) is 0.610. The van der Waals surface area contributed by atoms with Gasteiger partial charge in [-0.2, -0.15) is 0 Å². The minimum atomic E-state index is -1.50. The summed E-state index contributed by atoms with van der Waals surface area (Å²) in [4.78, 5) is 53.8. The third-order valence-corrected chi connectivity index (χ3v) is 3.69. The zero-order valence-electron chi connectivity index (χ0n) is 12.0. The summed E-state index contributed by atoms with van der Waals surface area (Å²) < 4.78 is 0. The average molecular weight is 330 g/mol. The van der Waals surface area contributed by atoms with Crippen molar-refractivity contribution in [2.45, 2.75) is 12.5 Å². The van der Waals surface area contributed by atoms with Crippen LogP contribution in [0.4, 0.5) is 5.69 Å². The van der Waals surface area contributed by atoms with Gasteiger partial charge in [-0.25, -0.2) is 9.78 Å². The van der Waals surface area contributed by atoms with E-state index < -0.39 is 34.4 Å². The molecule has 3 rings (SSSR count). The maximum atomic E-state index is 12.5. The van der Waals surface area contributed by atoms with Crippen LogP contribution in [0.25, 0.3) is 0 Å². The van der Waals surface area contributed by atoms with Gasteiger partial charge in [0, 0.05) is 24.4 Å². The van der Waals surface area contributed by atoms with Crippen LogP contribution in [0.5, 0.6) is 0 Å². The van der Waals surface area contributed by atoms with Crippen molar-refractivity contribution in [3.05, 3.63) is 57.7 Å². The Morgan fingerprint density at radius 2 is 2.12 bits per heavy atom. The van der Waals surface area contributed by atoms with Crippen LogP contribution in [0.15, 0.2) is 30.7 Å². The first-order valence-corrected chi connectivity index (χ1v) is 6.77. The molecule has 0 radical (unpaired) electrons. The second-order valence-electron chi connectivity index (χ2n) is 5.07. The van der Waals surface area contributed by atoms with Gasteiger partial charge in [-0.05, 0) is 6.07 Å². The van der Waals surface area contributed by atoms with E-state index in [9.17, 15) is 29.6 Å². The van der Waals surface area contributed by atoms with Crippen molar-refractivity contribution in [3.63, 3.8) is 0 Å². The van der Waals surface area contributed by atoms with Gasteiger partial charge in [-0.15, -0.1) is 0 Å². The first kappa shape index (κ1) is 15.3. The minimum absolute atomic E-state index is 0.176. The molecule has 2 aromatic rings. The number of carbonyl (C=O) groups excluding carboxylic acids is 2. The van der Waals surface area contributed by atoms with Gasteiger partial charge in [0.2, 0.25) is 0 Å². The molecule has 2 heterocycles. The molecular formula is C14H10N4O6. The number of nitro groups is 1. The van der Waals surface area contributed by atoms with E-state index in [1.165, 1.54) is 24.7 Å². The van der Waals surface area contributed by atoms with Crippen molar-refractivity contribution in [3.8, 4) is 0 Å². The Hall–Kier alpha value is -3.56. The van der Waals surface area contributed by atoms with Gasteiger partial charge in [-0.3, -0.25) is 24.6 Å². The average Bonchev–Trinajstić information content (AvgIpc) is 3.13. The number of imidazole rings is 1. The fourth-order valence-corrected chi connectivity index (χ4v) is 2.61. The first-order valence-electron chi connectivity index (χ1n) is 6.77. The Morgan fingerprint density at radius 1 is 1.38 bits per heavy atom. The molecule has 122 valence electrons. The summed E-state index contributed by atoms with van der Waals surface area (Å²) in [5.41, 5.74) is -0.680. The molecule has 0 unspecified atom stereocenters. The number of rotatable bonds is 5. The maximum Gasteiger partial charge on any atom is 0.327 e. The van der Waals surface area contributed by atoms with Gasteiger partial charge in [-0.1, -0.05) is 6.07 Å². The molecule has 1 aromatic heterocycles. The molecule has 2 N–H and O–H groups in total. The number of nitro benzene ring substituents is 1. The zero-order chi connectivity index (χ0) is 17.4. The molecule has 1 atom stereocenters. The molecule has 24 heavy (non-hydrogen) atoms. The molecular weight excluding hydrogens is 320 g/mol. The lowest BCUT2D eigenvalue weighted by Gasteiger charge is -2.21. The number of nitrogens with one attached hydrogen (secondary N) is 1. The number of carboxylic acids is 1. The quantitative estimate of drug-likeness (QED) is 0.463. The molecule has 0 saturated heterocycles. The molecule has 0 saturated carbocycles. The third kappa shape index (κ3) is 2.29. The second-order valence-corrected chi connectivity index (χ2v) is 5.07. The molecule has 1 aliphatic heterocycles. The molecule has 2 amide bonds. The molecule has 0 bridgehead atoms. The topological polar surface area (TPSA) is 146 Å². The summed E-state index contributed by atoms with van der Waals surface area (Å²) in [6, 6.07) is 2.13. The number of carboxylic acid groups (broad SMARTS) is 1. The summed E-state index contributed by atoms with van der Waals surface area (Å²) in [7, 11) is 0. The van der Waals surface area contributed by atoms with E-state index in [1.54, 1.807) is 0 Å². The highest BCUT2D eigenvalue weighted by Gasteiger charge is 2.46. The van der Waals surface area contributed by atoms with Crippen molar-refractivity contribution >= 4 is 23.5 Å². The minimum Gasteiger partial charge on any atom is -0.480 e. The summed E-state index contributed by atoms with van der Waals surface area (Å²) in [5, 5.41) is 20.5. The number of carbonyl (C=O) groups is 3. The number of fused-ring (bicyclic) bond motifs is 1. The SMILES string of the molecule is O=C(O)[C@H](Cc1cnc[nH]1)N1C(=O)c2cccc([N+](=O)[O-])c2C1=O. The van der Waals surface area contributed by atoms with Gasteiger partial charge < -0.3 is 10.1 Å². The Kier molecular flexibility index (Phi) is 3.56. The van der Waals surface area contributed by atoms with Crippen LogP contribution in [0, 0.1) is 10.1 Å². The molecule has 0 fully saturated rings. The smallest absolute Gasteiger partial charge is 0.327 e. The van der Waals surface area contributed by atoms with Crippen LogP contribution >= 0.6 is 0 Å². The first-order chi connectivity index (χ1) is 11.4. The number of amides is 2. The molecule has 1 aliphatic rings. The number of benzene rings is 1. The van der Waals surface area contributed by atoms with Crippen LogP contribution in [0.1, 0.15) is 26.4 Å². The highest BCUT2D eigenvalue weighted by Crippen LogP contribution is 2.32. The third-order valence-electron chi connectivity index (χ3n) is 3.69. The van der Waals surface area contributed by atoms with Crippen molar-refractivity contribution in [1.82, 2.24) is 14.9 Å². The van der Waals surface area contributed by atoms with E-state index in [2.05, 4.69) is 9.97 Å². The molecule has 1 aromatic carbocycles. The summed E-state index contributed by atoms with van der Waals surface area (Å²) in [5.74, 6) is -3.26. The van der Waals surface area contributed by atoms with Gasteiger partial charge in [0.1, 0.15) is 11.6 Å². The molecule has 10 heteroatoms. The Bertz CT molecular complexity index is 860. The molecule has 10 nitrogen and oxygen atoms in total. The number of nitrogens with zero attached hydrogens (tertiary/aromatic N) is 3. The maximum absolute atomic E-state index is 12.5. The van der Waals surface area contributed by atoms with Crippen molar-refractivity contribution in [1.29, 1.82) is 0 Å². The van der Waals surface area contributed by atoms with Gasteiger partial charge in [0.05, 0.1) is 16.8 Å². The van der Waals surface area contributed by atoms with E-state index in [0.29, 0.717) is 10.6 Å². The number of H-pyrrole nitrogens is 1. The lowest BCUT2D eigenvalue weighted by Crippen LogP contribution is -2.46. The number of hydrogen-bond donors (Lipinski definition) is 2. The Labute approximate surface area is 133 Å². The van der Waals surface area contributed by atoms with E-state index in [1.807, 2.05) is 0 Å². The number of imide groups is 1. The van der Waals surface area contributed by atoms with Gasteiger partial charge in [0.25, 0.3) is 17.5 Å². The van der Waals surface area contributed by atoms with Crippen LogP contribution in [0.2, 0.25) is 0 Å². The number of aromatic nitrogens is 2. The summed E-state index contributed by atoms with van der Waals surface area (Å²) in [6.07, 6.45) is 2.52. The van der Waals surface area contributed by atoms with E-state index in [-0.39, 0.29) is 17.5 Å². The van der Waals surface area contributed by atoms with Crippen LogP contribution in [-0.4, -0.2) is 48.7 Å². The second kappa shape index (κ2) is 5.57. The van der Waals surface area contributed by atoms with Crippen LogP contribution in [-0.2, 0) is 11.2 Å². The highest BCUT2D eigenvalue weighted by molar-refractivity contribution is 6.24. The lowest BCUT2D eigenvalue weighted by atomic mass is 10.1. The lowest BCUT2D eigenvalue weighted by molar-refractivity contribution is -0.385. The van der Waals surface area contributed by atoms with E-state index in [0.717, 1.165) is 6.07 Å². The largest absolute Gasteiger partial charge is 0.480 e. The fourth-order valence-electron chi connectivity index (χ4n) is 2.61. The molecule has 0 aliphatic carbocycles. The normalized spacial score (nSPS) is 14.6. The van der Waals surface area contributed by atoms with Crippen molar-refractivity contribution in [2.24, 2.45) is 0 Å². The molecule has 0 spiro atoms. The van der Waals surface area contributed by atoms with Gasteiger partial charge in [0.15, 0.2) is 0 Å². The van der Waals surface area contributed by atoms with Crippen LogP contribution < -0.4 is 0 Å². The predicted molar refractivity (Wildman–Crippen MR) is 77.3 cm³/mol. The van der Waals surface area contributed by atoms with Crippen molar-refractivity contribution < 1.29 is 24.4 Å². The summed E-state index contributed by atoms with van der Waals surface area (Å²) >= 11 is 0. The van der Waals surface area contributed by atoms with E-state index >= 15 is 0 Å². The Morgan fingerprint density at radius 3 is 2.71 bits per heavy atom. The number of hydrogen-bond acceptors (Lipinski definition) is 6. The Balaban J connectivity index is 2.04. The van der Waals surface area contributed by atoms with E-state index in [4.69, 9.17) is 0 Å². The zero-order valence-corrected chi connectivity index (χ0v) is 12.0. The fraction of sp³-hybridized carbons (Fsp3) is 0.143.